The van der Waals surface area contributed by atoms with E-state index in [-0.39, 0.29) is 11.5 Å². The normalized spacial score (nSPS) is 9.50. The van der Waals surface area contributed by atoms with Gasteiger partial charge in [0.25, 0.3) is 0 Å². The van der Waals surface area contributed by atoms with Gasteiger partial charge in [-0.05, 0) is 6.42 Å². The van der Waals surface area contributed by atoms with Crippen LogP contribution in [0.3, 0.4) is 0 Å². The molecule has 0 saturated carbocycles. The van der Waals surface area contributed by atoms with Crippen LogP contribution in [0.2, 0.25) is 0 Å². The lowest BCUT2D eigenvalue weighted by atomic mass is 10.6. The molecule has 0 saturated heterocycles. The minimum absolute atomic E-state index is 0.126. The van der Waals surface area contributed by atoms with E-state index in [1.54, 1.807) is 13.0 Å². The van der Waals surface area contributed by atoms with Crippen molar-refractivity contribution in [3.63, 3.8) is 0 Å². The Morgan fingerprint density at radius 2 is 1.67 bits per heavy atom. The molecule has 0 N–H and O–H groups in total. The maximum absolute atomic E-state index is 10.6. The Labute approximate surface area is 75.3 Å². The zero-order valence-corrected chi connectivity index (χ0v) is 8.82. The van der Waals surface area contributed by atoms with Gasteiger partial charge in [-0.2, -0.15) is 5.26 Å². The largest absolute Gasteiger partial charge is 0.228 e. The van der Waals surface area contributed by atoms with Crippen molar-refractivity contribution in [2.45, 2.75) is 33.6 Å². The molecule has 0 atom stereocenters. The monoisotopic (exact) mass is 191 g/mol. The Balaban J connectivity index is 0. The zero-order chi connectivity index (χ0) is 10.0. The summed E-state index contributed by atoms with van der Waals surface area (Å²) in [6.45, 7) is 6.02. The molecule has 0 aromatic carbocycles. The fraction of sp³-hybridized carbons (Fsp3) is 0.875. The minimum Gasteiger partial charge on any atom is -0.228 e. The summed E-state index contributed by atoms with van der Waals surface area (Å²) in [6, 6.07) is 1.60. The highest BCUT2D eigenvalue weighted by molar-refractivity contribution is 7.91. The lowest BCUT2D eigenvalue weighted by Crippen LogP contribution is -2.08. The quantitative estimate of drug-likeness (QED) is 0.683. The number of hydrogen-bond donors (Lipinski definition) is 0. The van der Waals surface area contributed by atoms with Crippen molar-refractivity contribution in [3.8, 4) is 6.07 Å². The first kappa shape index (κ1) is 14.0. The Hall–Kier alpha value is -0.560. The summed E-state index contributed by atoms with van der Waals surface area (Å²) in [6.07, 6.45) is 1.84. The molecular weight excluding hydrogens is 174 g/mol. The number of sulfone groups is 1. The van der Waals surface area contributed by atoms with E-state index in [0.717, 1.165) is 0 Å². The minimum atomic E-state index is -3.04. The lowest BCUT2D eigenvalue weighted by molar-refractivity contribution is 0.598. The predicted octanol–water partition coefficient (Wildman–Crippen LogP) is 1.75. The van der Waals surface area contributed by atoms with Crippen LogP contribution >= 0.6 is 0 Å². The van der Waals surface area contributed by atoms with Crippen molar-refractivity contribution in [1.29, 1.82) is 5.26 Å². The first-order valence-electron chi connectivity index (χ1n) is 4.11. The van der Waals surface area contributed by atoms with Crippen molar-refractivity contribution >= 4 is 9.84 Å². The van der Waals surface area contributed by atoms with Crippen LogP contribution < -0.4 is 0 Å². The highest BCUT2D eigenvalue weighted by Gasteiger charge is 2.06. The molecule has 0 aromatic heterocycles. The predicted molar refractivity (Wildman–Crippen MR) is 50.5 cm³/mol. The van der Waals surface area contributed by atoms with Crippen LogP contribution in [0.15, 0.2) is 0 Å². The lowest BCUT2D eigenvalue weighted by Gasteiger charge is -1.92. The van der Waals surface area contributed by atoms with Gasteiger partial charge < -0.3 is 0 Å². The van der Waals surface area contributed by atoms with Gasteiger partial charge in [0.1, 0.15) is 5.75 Å². The molecule has 0 unspecified atom stereocenters. The van der Waals surface area contributed by atoms with Crippen molar-refractivity contribution < 1.29 is 8.42 Å². The van der Waals surface area contributed by atoms with Crippen LogP contribution in [0.4, 0.5) is 0 Å². The molecular formula is C8H17NO2S. The van der Waals surface area contributed by atoms with Crippen LogP contribution in [0.25, 0.3) is 0 Å². The van der Waals surface area contributed by atoms with E-state index >= 15 is 0 Å². The van der Waals surface area contributed by atoms with Crippen LogP contribution in [0.5, 0.6) is 0 Å². The number of nitriles is 1. The fourth-order valence-electron chi connectivity index (χ4n) is 0.482. The average molecular weight is 191 g/mol. The van der Waals surface area contributed by atoms with Gasteiger partial charge in [-0.1, -0.05) is 27.2 Å². The smallest absolute Gasteiger partial charge is 0.163 e. The average Bonchev–Trinajstić information content (AvgIpc) is 1.88. The van der Waals surface area contributed by atoms with E-state index in [2.05, 4.69) is 13.8 Å². The van der Waals surface area contributed by atoms with Gasteiger partial charge in [-0.15, -0.1) is 0 Å². The van der Waals surface area contributed by atoms with Crippen LogP contribution in [-0.2, 0) is 9.84 Å². The van der Waals surface area contributed by atoms with E-state index in [9.17, 15) is 8.42 Å². The summed E-state index contributed by atoms with van der Waals surface area (Å²) in [5.41, 5.74) is 0. The van der Waals surface area contributed by atoms with Gasteiger partial charge in [0.15, 0.2) is 9.84 Å². The Morgan fingerprint density at radius 1 is 1.25 bits per heavy atom. The number of hydrogen-bond acceptors (Lipinski definition) is 3. The molecule has 0 amide bonds. The third kappa shape index (κ3) is 12.1. The molecule has 0 aliphatic carbocycles. The maximum atomic E-state index is 10.6. The topological polar surface area (TPSA) is 57.9 Å². The zero-order valence-electron chi connectivity index (χ0n) is 8.00. The molecule has 0 rings (SSSR count). The van der Waals surface area contributed by atoms with Gasteiger partial charge in [0.05, 0.1) is 11.8 Å². The highest BCUT2D eigenvalue weighted by Crippen LogP contribution is 1.90. The maximum Gasteiger partial charge on any atom is 0.163 e. The fourth-order valence-corrected chi connectivity index (χ4v) is 1.44. The van der Waals surface area contributed by atoms with Crippen molar-refractivity contribution in [1.82, 2.24) is 0 Å². The third-order valence-electron chi connectivity index (χ3n) is 0.800. The summed E-state index contributed by atoms with van der Waals surface area (Å²) in [7, 11) is -3.04. The van der Waals surface area contributed by atoms with Gasteiger partial charge in [0.2, 0.25) is 0 Å². The number of nitrogens with zero attached hydrogens (tertiary/aromatic N) is 1. The highest BCUT2D eigenvalue weighted by atomic mass is 32.2. The van der Waals surface area contributed by atoms with Crippen LogP contribution in [-0.4, -0.2) is 19.9 Å². The summed E-state index contributed by atoms with van der Waals surface area (Å²) in [5, 5.41) is 8.00. The van der Waals surface area contributed by atoms with E-state index in [1.807, 2.05) is 0 Å². The van der Waals surface area contributed by atoms with Crippen molar-refractivity contribution in [2.24, 2.45) is 0 Å². The van der Waals surface area contributed by atoms with E-state index in [4.69, 9.17) is 5.26 Å². The standard InChI is InChI=1S/C5H9NO2S.C3H8/c1-2-4-9(7,8)5-3-6;1-3-2/h2,4-5H2,1H3;3H2,1-2H3. The van der Waals surface area contributed by atoms with E-state index in [0.29, 0.717) is 6.42 Å². The Bertz CT molecular complexity index is 214. The number of rotatable bonds is 3. The molecule has 0 aliphatic rings. The molecule has 4 heteroatoms. The summed E-state index contributed by atoms with van der Waals surface area (Å²) < 4.78 is 21.2. The molecule has 0 heterocycles. The van der Waals surface area contributed by atoms with Crippen LogP contribution in [0.1, 0.15) is 33.6 Å². The summed E-state index contributed by atoms with van der Waals surface area (Å²) in [4.78, 5) is 0. The first-order valence-corrected chi connectivity index (χ1v) is 5.93. The molecule has 12 heavy (non-hydrogen) atoms. The van der Waals surface area contributed by atoms with Crippen LogP contribution in [0, 0.1) is 11.3 Å². The molecule has 0 radical (unpaired) electrons. The molecule has 72 valence electrons. The second-order valence-electron chi connectivity index (χ2n) is 2.46. The van der Waals surface area contributed by atoms with Gasteiger partial charge >= 0.3 is 0 Å². The SMILES string of the molecule is CCC.CCCS(=O)(=O)CC#N. The van der Waals surface area contributed by atoms with E-state index in [1.165, 1.54) is 6.42 Å². The Kier molecular flexibility index (Phi) is 9.95. The van der Waals surface area contributed by atoms with Crippen molar-refractivity contribution in [2.75, 3.05) is 11.5 Å². The van der Waals surface area contributed by atoms with Gasteiger partial charge in [-0.25, -0.2) is 8.42 Å². The summed E-state index contributed by atoms with van der Waals surface area (Å²) in [5.74, 6) is -0.221. The first-order chi connectivity index (χ1) is 5.54. The molecule has 0 bridgehead atoms. The molecule has 0 spiro atoms. The molecule has 0 fully saturated rings. The third-order valence-corrected chi connectivity index (χ3v) is 2.40. The van der Waals surface area contributed by atoms with Gasteiger partial charge in [-0.3, -0.25) is 0 Å². The second-order valence-corrected chi connectivity index (χ2v) is 4.64. The van der Waals surface area contributed by atoms with E-state index < -0.39 is 9.84 Å². The Morgan fingerprint density at radius 3 is 1.92 bits per heavy atom. The van der Waals surface area contributed by atoms with Gasteiger partial charge in [0, 0.05) is 0 Å². The molecule has 3 nitrogen and oxygen atoms in total. The molecule has 0 aromatic rings. The van der Waals surface area contributed by atoms with Crippen molar-refractivity contribution in [3.05, 3.63) is 0 Å². The second kappa shape index (κ2) is 8.54. The molecule has 0 aliphatic heterocycles. The summed E-state index contributed by atoms with van der Waals surface area (Å²) >= 11 is 0.